The summed E-state index contributed by atoms with van der Waals surface area (Å²) in [6, 6.07) is 0.0927. The summed E-state index contributed by atoms with van der Waals surface area (Å²) >= 11 is 1.24. The van der Waals surface area contributed by atoms with Crippen molar-refractivity contribution in [2.24, 2.45) is 11.7 Å². The summed E-state index contributed by atoms with van der Waals surface area (Å²) in [6.07, 6.45) is 0.330. The van der Waals surface area contributed by atoms with E-state index in [1.54, 1.807) is 0 Å². The van der Waals surface area contributed by atoms with E-state index in [0.717, 1.165) is 12.8 Å². The molecule has 3 aliphatic carbocycles. The average Bonchev–Trinajstić information content (AvgIpc) is 3.43. The van der Waals surface area contributed by atoms with Gasteiger partial charge in [-0.15, -0.1) is 11.3 Å². The summed E-state index contributed by atoms with van der Waals surface area (Å²) in [5, 5.41) is 0. The number of aromatic nitrogens is 2. The molecule has 0 spiro atoms. The Hall–Kier alpha value is -2.17. The van der Waals surface area contributed by atoms with Gasteiger partial charge in [0.15, 0.2) is 0 Å². The fourth-order valence-electron chi connectivity index (χ4n) is 4.61. The maximum Gasteiger partial charge on any atom is 0.326 e. The van der Waals surface area contributed by atoms with Crippen molar-refractivity contribution in [2.75, 3.05) is 7.11 Å². The van der Waals surface area contributed by atoms with Crippen molar-refractivity contribution < 1.29 is 17.9 Å². The van der Waals surface area contributed by atoms with Crippen molar-refractivity contribution in [3.8, 4) is 0 Å². The minimum Gasteiger partial charge on any atom is -0.374 e. The molecule has 160 valence electrons. The minimum absolute atomic E-state index is 0.113. The van der Waals surface area contributed by atoms with E-state index in [9.17, 15) is 18.4 Å². The zero-order chi connectivity index (χ0) is 21.4. The lowest BCUT2D eigenvalue weighted by Crippen LogP contribution is -2.36. The Labute approximate surface area is 173 Å². The number of halogens is 3. The largest absolute Gasteiger partial charge is 0.374 e. The molecule has 6 nitrogen and oxygen atoms in total. The van der Waals surface area contributed by atoms with Crippen LogP contribution in [0, 0.1) is 5.92 Å². The molecule has 0 aliphatic heterocycles. The van der Waals surface area contributed by atoms with Gasteiger partial charge < -0.3 is 15.5 Å². The second-order valence-corrected chi connectivity index (χ2v) is 9.30. The number of H-pyrrole nitrogens is 2. The van der Waals surface area contributed by atoms with Gasteiger partial charge in [-0.3, -0.25) is 9.78 Å². The van der Waals surface area contributed by atoms with Crippen molar-refractivity contribution in [1.82, 2.24) is 9.97 Å². The molecule has 0 amide bonds. The smallest absolute Gasteiger partial charge is 0.326 e. The molecule has 0 saturated heterocycles. The van der Waals surface area contributed by atoms with E-state index < -0.39 is 41.1 Å². The van der Waals surface area contributed by atoms with Gasteiger partial charge in [-0.05, 0) is 36.8 Å². The molecular formula is C20H20F3N3O3S. The van der Waals surface area contributed by atoms with Crippen molar-refractivity contribution in [1.29, 1.82) is 0 Å². The topological polar surface area (TPSA) is 101 Å². The van der Waals surface area contributed by atoms with Gasteiger partial charge in [-0.25, -0.2) is 18.0 Å². The number of methoxy groups -OCH3 is 1. The molecule has 3 atom stereocenters. The predicted molar refractivity (Wildman–Crippen MR) is 105 cm³/mol. The number of fused-ring (bicyclic) bond motifs is 2. The van der Waals surface area contributed by atoms with E-state index >= 15 is 4.39 Å². The van der Waals surface area contributed by atoms with Gasteiger partial charge in [0, 0.05) is 28.9 Å². The molecule has 3 aliphatic rings. The number of ether oxygens (including phenoxy) is 1. The summed E-state index contributed by atoms with van der Waals surface area (Å²) in [7, 11) is 1.36. The second-order valence-electron chi connectivity index (χ2n) is 8.13. The lowest BCUT2D eigenvalue weighted by Gasteiger charge is -2.31. The van der Waals surface area contributed by atoms with Gasteiger partial charge in [-0.1, -0.05) is 0 Å². The normalized spacial score (nSPS) is 27.7. The molecule has 2 aromatic rings. The zero-order valence-electron chi connectivity index (χ0n) is 16.1. The van der Waals surface area contributed by atoms with Crippen LogP contribution in [0.25, 0.3) is 5.57 Å². The molecule has 0 radical (unpaired) electrons. The SMILES string of the molecule is COC1c2[nH]c(=O)[nH]c(=O)c2C(C2CC2)=C(F)C1c1cc2c(s1)CCC(F)(F)C2N. The van der Waals surface area contributed by atoms with Crippen LogP contribution < -0.4 is 17.0 Å². The molecule has 0 bridgehead atoms. The molecule has 1 saturated carbocycles. The van der Waals surface area contributed by atoms with Crippen LogP contribution in [0.3, 0.4) is 0 Å². The Morgan fingerprint density at radius 3 is 2.67 bits per heavy atom. The number of rotatable bonds is 3. The fourth-order valence-corrected chi connectivity index (χ4v) is 5.94. The number of nitrogens with two attached hydrogens (primary N) is 1. The first-order valence-electron chi connectivity index (χ1n) is 9.78. The van der Waals surface area contributed by atoms with Crippen LogP contribution in [0.2, 0.25) is 0 Å². The molecule has 4 N–H and O–H groups in total. The van der Waals surface area contributed by atoms with Crippen molar-refractivity contribution in [2.45, 2.75) is 49.7 Å². The number of aromatic amines is 2. The first kappa shape index (κ1) is 19.8. The van der Waals surface area contributed by atoms with Crippen molar-refractivity contribution in [3.63, 3.8) is 0 Å². The lowest BCUT2D eigenvalue weighted by molar-refractivity contribution is -0.0392. The number of aryl methyl sites for hydroxylation is 1. The summed E-state index contributed by atoms with van der Waals surface area (Å²) in [6.45, 7) is 0. The third kappa shape index (κ3) is 2.84. The Kier molecular flexibility index (Phi) is 4.39. The van der Waals surface area contributed by atoms with Crippen LogP contribution in [-0.2, 0) is 11.2 Å². The quantitative estimate of drug-likeness (QED) is 0.683. The summed E-state index contributed by atoms with van der Waals surface area (Å²) in [4.78, 5) is 30.5. The molecule has 0 aromatic carbocycles. The van der Waals surface area contributed by atoms with Gasteiger partial charge in [0.1, 0.15) is 11.9 Å². The van der Waals surface area contributed by atoms with Gasteiger partial charge in [0.2, 0.25) is 0 Å². The van der Waals surface area contributed by atoms with E-state index in [1.807, 2.05) is 0 Å². The van der Waals surface area contributed by atoms with E-state index in [1.165, 1.54) is 24.5 Å². The molecule has 1 fully saturated rings. The Morgan fingerprint density at radius 2 is 2.00 bits per heavy atom. The number of alkyl halides is 2. The molecular weight excluding hydrogens is 419 g/mol. The molecule has 10 heteroatoms. The van der Waals surface area contributed by atoms with Crippen LogP contribution in [0.5, 0.6) is 0 Å². The van der Waals surface area contributed by atoms with Crippen LogP contribution in [-0.4, -0.2) is 23.0 Å². The Bertz CT molecular complexity index is 1180. The van der Waals surface area contributed by atoms with E-state index in [2.05, 4.69) is 9.97 Å². The third-order valence-electron chi connectivity index (χ3n) is 6.24. The highest BCUT2D eigenvalue weighted by Crippen LogP contribution is 2.56. The second kappa shape index (κ2) is 6.66. The standard InChI is InChI=1S/C20H20F3N3O3S/c1-29-16-12(10-6-8-9(30-10)4-5-20(22,23)17(8)24)14(21)11(7-2-3-7)13-15(16)25-19(28)26-18(13)27/h6-7,12,16-17H,2-5,24H2,1H3,(H2,25,26,27,28). The van der Waals surface area contributed by atoms with Crippen LogP contribution in [0.1, 0.15) is 63.9 Å². The van der Waals surface area contributed by atoms with E-state index in [0.29, 0.717) is 15.3 Å². The molecule has 2 heterocycles. The number of hydrogen-bond acceptors (Lipinski definition) is 5. The maximum atomic E-state index is 15.9. The van der Waals surface area contributed by atoms with Gasteiger partial charge in [-0.2, -0.15) is 0 Å². The van der Waals surface area contributed by atoms with E-state index in [-0.39, 0.29) is 35.6 Å². The number of allylic oxidation sites excluding steroid dienone is 1. The molecule has 2 aromatic heterocycles. The van der Waals surface area contributed by atoms with Gasteiger partial charge in [0.05, 0.1) is 23.2 Å². The maximum absolute atomic E-state index is 15.9. The van der Waals surface area contributed by atoms with Crippen LogP contribution >= 0.6 is 11.3 Å². The predicted octanol–water partition coefficient (Wildman–Crippen LogP) is 3.28. The first-order valence-corrected chi connectivity index (χ1v) is 10.6. The Balaban J connectivity index is 1.70. The van der Waals surface area contributed by atoms with Gasteiger partial charge >= 0.3 is 5.69 Å². The average molecular weight is 439 g/mol. The highest BCUT2D eigenvalue weighted by atomic mass is 32.1. The minimum atomic E-state index is -3.02. The number of nitrogens with one attached hydrogen (secondary N) is 2. The lowest BCUT2D eigenvalue weighted by atomic mass is 9.81. The van der Waals surface area contributed by atoms with E-state index in [4.69, 9.17) is 10.5 Å². The van der Waals surface area contributed by atoms with Crippen molar-refractivity contribution in [3.05, 3.63) is 59.3 Å². The third-order valence-corrected chi connectivity index (χ3v) is 7.53. The summed E-state index contributed by atoms with van der Waals surface area (Å²) < 4.78 is 49.6. The highest BCUT2D eigenvalue weighted by molar-refractivity contribution is 7.12. The van der Waals surface area contributed by atoms with Crippen LogP contribution in [0.15, 0.2) is 21.5 Å². The molecule has 3 unspecified atom stereocenters. The molecule has 5 rings (SSSR count). The van der Waals surface area contributed by atoms with Crippen LogP contribution in [0.4, 0.5) is 13.2 Å². The summed E-state index contributed by atoms with van der Waals surface area (Å²) in [5.74, 6) is -4.57. The zero-order valence-corrected chi connectivity index (χ0v) is 16.9. The fraction of sp³-hybridized carbons (Fsp3) is 0.500. The monoisotopic (exact) mass is 439 g/mol. The number of thiophene rings is 1. The molecule has 30 heavy (non-hydrogen) atoms. The first-order chi connectivity index (χ1) is 14.2. The Morgan fingerprint density at radius 1 is 1.27 bits per heavy atom. The highest BCUT2D eigenvalue weighted by Gasteiger charge is 2.47. The van der Waals surface area contributed by atoms with Gasteiger partial charge in [0.25, 0.3) is 11.5 Å². The van der Waals surface area contributed by atoms with Crippen molar-refractivity contribution >= 4 is 16.9 Å². The number of hydrogen-bond donors (Lipinski definition) is 3. The summed E-state index contributed by atoms with van der Waals surface area (Å²) in [5.41, 5.74) is 5.38.